The standard InChI is InChI=1S/C13H12Br2OS/c1-7-3-12(8(2)17-7)13(16)9-4-10(14)6-11(15)5-9/h3-6,13,16H,1-2H3. The molecule has 0 aliphatic carbocycles. The highest BCUT2D eigenvalue weighted by Gasteiger charge is 2.15. The lowest BCUT2D eigenvalue weighted by Gasteiger charge is -2.12. The average Bonchev–Trinajstić information content (AvgIpc) is 2.55. The predicted molar refractivity (Wildman–Crippen MR) is 79.7 cm³/mol. The van der Waals surface area contributed by atoms with Gasteiger partial charge in [0.1, 0.15) is 6.10 Å². The molecule has 0 saturated carbocycles. The van der Waals surface area contributed by atoms with Crippen molar-refractivity contribution in [3.05, 3.63) is 54.1 Å². The molecule has 90 valence electrons. The van der Waals surface area contributed by atoms with Gasteiger partial charge in [-0.1, -0.05) is 31.9 Å². The zero-order chi connectivity index (χ0) is 12.6. The molecule has 0 bridgehead atoms. The van der Waals surface area contributed by atoms with Gasteiger partial charge in [-0.2, -0.15) is 0 Å². The molecule has 1 N–H and O–H groups in total. The van der Waals surface area contributed by atoms with Crippen LogP contribution in [0.5, 0.6) is 0 Å². The number of thiophene rings is 1. The molecule has 1 nitrogen and oxygen atoms in total. The lowest BCUT2D eigenvalue weighted by atomic mass is 10.0. The topological polar surface area (TPSA) is 20.2 Å². The SMILES string of the molecule is Cc1cc(C(O)c2cc(Br)cc(Br)c2)c(C)s1. The van der Waals surface area contributed by atoms with Gasteiger partial charge in [-0.05, 0) is 49.2 Å². The van der Waals surface area contributed by atoms with Crippen molar-refractivity contribution >= 4 is 43.2 Å². The van der Waals surface area contributed by atoms with Gasteiger partial charge in [-0.25, -0.2) is 0 Å². The first kappa shape index (κ1) is 13.3. The van der Waals surface area contributed by atoms with Crippen molar-refractivity contribution < 1.29 is 5.11 Å². The van der Waals surface area contributed by atoms with Crippen LogP contribution in [0.1, 0.15) is 27.0 Å². The van der Waals surface area contributed by atoms with Crippen LogP contribution in [0.3, 0.4) is 0 Å². The molecule has 0 spiro atoms. The Balaban J connectivity index is 2.43. The van der Waals surface area contributed by atoms with Crippen molar-refractivity contribution in [2.45, 2.75) is 20.0 Å². The molecule has 2 aromatic rings. The fraction of sp³-hybridized carbons (Fsp3) is 0.231. The number of aryl methyl sites for hydroxylation is 2. The third-order valence-corrected chi connectivity index (χ3v) is 4.47. The second-order valence-corrected chi connectivity index (χ2v) is 7.27. The first-order valence-electron chi connectivity index (χ1n) is 5.18. The van der Waals surface area contributed by atoms with Gasteiger partial charge in [0.15, 0.2) is 0 Å². The van der Waals surface area contributed by atoms with Crippen molar-refractivity contribution in [3.8, 4) is 0 Å². The molecule has 2 rings (SSSR count). The van der Waals surface area contributed by atoms with E-state index in [4.69, 9.17) is 0 Å². The van der Waals surface area contributed by atoms with Crippen LogP contribution >= 0.6 is 43.2 Å². The van der Waals surface area contributed by atoms with Crippen molar-refractivity contribution in [1.29, 1.82) is 0 Å². The van der Waals surface area contributed by atoms with Crippen LogP contribution in [0, 0.1) is 13.8 Å². The molecule has 1 heterocycles. The van der Waals surface area contributed by atoms with Crippen LogP contribution in [-0.4, -0.2) is 5.11 Å². The van der Waals surface area contributed by atoms with Gasteiger partial charge in [-0.15, -0.1) is 11.3 Å². The summed E-state index contributed by atoms with van der Waals surface area (Å²) in [5.74, 6) is 0. The molecule has 4 heteroatoms. The minimum absolute atomic E-state index is 0.561. The summed E-state index contributed by atoms with van der Waals surface area (Å²) in [4.78, 5) is 2.40. The van der Waals surface area contributed by atoms with E-state index < -0.39 is 6.10 Å². The summed E-state index contributed by atoms with van der Waals surface area (Å²) in [5, 5.41) is 10.4. The average molecular weight is 376 g/mol. The number of hydrogen-bond donors (Lipinski definition) is 1. The second kappa shape index (κ2) is 5.22. The maximum absolute atomic E-state index is 10.4. The Morgan fingerprint density at radius 1 is 1.06 bits per heavy atom. The van der Waals surface area contributed by atoms with E-state index >= 15 is 0 Å². The monoisotopic (exact) mass is 374 g/mol. The van der Waals surface area contributed by atoms with Crippen LogP contribution in [0.15, 0.2) is 33.2 Å². The number of rotatable bonds is 2. The summed E-state index contributed by atoms with van der Waals surface area (Å²) < 4.78 is 1.93. The van der Waals surface area contributed by atoms with Crippen LogP contribution in [0.2, 0.25) is 0 Å². The molecular formula is C13H12Br2OS. The molecule has 1 aromatic carbocycles. The van der Waals surface area contributed by atoms with Crippen molar-refractivity contribution in [2.24, 2.45) is 0 Å². The molecule has 1 atom stereocenters. The first-order chi connectivity index (χ1) is 7.97. The summed E-state index contributed by atoms with van der Waals surface area (Å²) in [7, 11) is 0. The third-order valence-electron chi connectivity index (χ3n) is 2.57. The van der Waals surface area contributed by atoms with Crippen LogP contribution in [0.4, 0.5) is 0 Å². The van der Waals surface area contributed by atoms with E-state index in [1.165, 1.54) is 9.75 Å². The minimum Gasteiger partial charge on any atom is -0.384 e. The van der Waals surface area contributed by atoms with E-state index in [1.54, 1.807) is 11.3 Å². The highest BCUT2D eigenvalue weighted by atomic mass is 79.9. The summed E-state index contributed by atoms with van der Waals surface area (Å²) in [6.07, 6.45) is -0.561. The maximum atomic E-state index is 10.4. The quantitative estimate of drug-likeness (QED) is 0.785. The number of halogens is 2. The van der Waals surface area contributed by atoms with Gasteiger partial charge >= 0.3 is 0 Å². The lowest BCUT2D eigenvalue weighted by molar-refractivity contribution is 0.220. The largest absolute Gasteiger partial charge is 0.384 e. The van der Waals surface area contributed by atoms with E-state index in [-0.39, 0.29) is 0 Å². The molecule has 0 aliphatic heterocycles. The molecule has 0 saturated heterocycles. The van der Waals surface area contributed by atoms with Crippen molar-refractivity contribution in [3.63, 3.8) is 0 Å². The highest BCUT2D eigenvalue weighted by Crippen LogP contribution is 2.33. The lowest BCUT2D eigenvalue weighted by Crippen LogP contribution is -1.99. The summed E-state index contributed by atoms with van der Waals surface area (Å²) in [6.45, 7) is 4.11. The third kappa shape index (κ3) is 2.99. The van der Waals surface area contributed by atoms with E-state index in [2.05, 4.69) is 44.8 Å². The van der Waals surface area contributed by atoms with Gasteiger partial charge in [0, 0.05) is 18.7 Å². The highest BCUT2D eigenvalue weighted by molar-refractivity contribution is 9.11. The number of aliphatic hydroxyl groups excluding tert-OH is 1. The van der Waals surface area contributed by atoms with Crippen LogP contribution in [0.25, 0.3) is 0 Å². The number of benzene rings is 1. The van der Waals surface area contributed by atoms with Gasteiger partial charge in [-0.3, -0.25) is 0 Å². The summed E-state index contributed by atoms with van der Waals surface area (Å²) in [5.41, 5.74) is 1.89. The van der Waals surface area contributed by atoms with Crippen molar-refractivity contribution in [2.75, 3.05) is 0 Å². The molecule has 0 fully saturated rings. The fourth-order valence-electron chi connectivity index (χ4n) is 1.83. The number of aliphatic hydroxyl groups is 1. The molecule has 0 radical (unpaired) electrons. The molecule has 1 unspecified atom stereocenters. The first-order valence-corrected chi connectivity index (χ1v) is 7.58. The van der Waals surface area contributed by atoms with Gasteiger partial charge in [0.05, 0.1) is 0 Å². The van der Waals surface area contributed by atoms with Crippen LogP contribution in [-0.2, 0) is 0 Å². The maximum Gasteiger partial charge on any atom is 0.105 e. The fourth-order valence-corrected chi connectivity index (χ4v) is 4.12. The molecule has 1 aromatic heterocycles. The molecule has 0 amide bonds. The van der Waals surface area contributed by atoms with E-state index in [0.717, 1.165) is 20.1 Å². The Hall–Kier alpha value is -0.160. The Bertz CT molecular complexity index is 528. The number of hydrogen-bond acceptors (Lipinski definition) is 2. The summed E-state index contributed by atoms with van der Waals surface area (Å²) >= 11 is 8.60. The zero-order valence-corrected chi connectivity index (χ0v) is 13.5. The normalized spacial score (nSPS) is 12.8. The molecular weight excluding hydrogens is 364 g/mol. The Kier molecular flexibility index (Phi) is 4.08. The van der Waals surface area contributed by atoms with Crippen LogP contribution < -0.4 is 0 Å². The molecule has 0 aliphatic rings. The van der Waals surface area contributed by atoms with Gasteiger partial charge in [0.2, 0.25) is 0 Å². The minimum atomic E-state index is -0.561. The Labute approximate surface area is 122 Å². The van der Waals surface area contributed by atoms with E-state index in [9.17, 15) is 5.11 Å². The van der Waals surface area contributed by atoms with Gasteiger partial charge in [0.25, 0.3) is 0 Å². The second-order valence-electron chi connectivity index (χ2n) is 3.97. The van der Waals surface area contributed by atoms with E-state index in [1.807, 2.05) is 25.1 Å². The smallest absolute Gasteiger partial charge is 0.105 e. The zero-order valence-electron chi connectivity index (χ0n) is 9.50. The Morgan fingerprint density at radius 2 is 1.65 bits per heavy atom. The predicted octanol–water partition coefficient (Wildman–Crippen LogP) is 4.97. The van der Waals surface area contributed by atoms with Gasteiger partial charge < -0.3 is 5.11 Å². The summed E-state index contributed by atoms with van der Waals surface area (Å²) in [6, 6.07) is 7.91. The Morgan fingerprint density at radius 3 is 2.12 bits per heavy atom. The molecule has 17 heavy (non-hydrogen) atoms. The van der Waals surface area contributed by atoms with Crippen molar-refractivity contribution in [1.82, 2.24) is 0 Å². The van der Waals surface area contributed by atoms with E-state index in [0.29, 0.717) is 0 Å².